The zero-order valence-electron chi connectivity index (χ0n) is 19.8. The van der Waals surface area contributed by atoms with Crippen LogP contribution in [0.1, 0.15) is 38.6 Å². The predicted molar refractivity (Wildman–Crippen MR) is 126 cm³/mol. The van der Waals surface area contributed by atoms with Gasteiger partial charge in [0.05, 0.1) is 29.7 Å². The van der Waals surface area contributed by atoms with Gasteiger partial charge in [-0.25, -0.2) is 18.4 Å². The van der Waals surface area contributed by atoms with E-state index in [1.807, 2.05) is 4.90 Å². The maximum absolute atomic E-state index is 16.0. The van der Waals surface area contributed by atoms with Crippen molar-refractivity contribution in [2.24, 2.45) is 5.92 Å². The van der Waals surface area contributed by atoms with Crippen molar-refractivity contribution >= 4 is 28.7 Å². The van der Waals surface area contributed by atoms with Crippen LogP contribution in [0.15, 0.2) is 29.3 Å². The van der Waals surface area contributed by atoms with E-state index in [-0.39, 0.29) is 41.2 Å². The minimum absolute atomic E-state index is 0.0316. The number of ether oxygens (including phenoxy) is 2. The lowest BCUT2D eigenvalue weighted by Gasteiger charge is -2.35. The number of likely N-dealkylation sites (tertiary alicyclic amines) is 1. The number of esters is 1. The zero-order chi connectivity index (χ0) is 25.6. The predicted octanol–water partition coefficient (Wildman–Crippen LogP) is 3.65. The lowest BCUT2D eigenvalue weighted by molar-refractivity contribution is -0.137. The lowest BCUT2D eigenvalue weighted by atomic mass is 9.92. The molecule has 1 N–H and O–H groups in total. The van der Waals surface area contributed by atoms with Crippen molar-refractivity contribution in [3.05, 3.63) is 46.4 Å². The summed E-state index contributed by atoms with van der Waals surface area (Å²) < 4.78 is 42.5. The molecule has 0 unspecified atom stereocenters. The van der Waals surface area contributed by atoms with Gasteiger partial charge in [0.15, 0.2) is 11.6 Å². The van der Waals surface area contributed by atoms with Gasteiger partial charge in [-0.05, 0) is 44.6 Å². The van der Waals surface area contributed by atoms with Gasteiger partial charge in [-0.3, -0.25) is 4.79 Å². The molecule has 1 aromatic heterocycles. The van der Waals surface area contributed by atoms with E-state index in [2.05, 4.69) is 4.74 Å². The molecule has 36 heavy (non-hydrogen) atoms. The molecule has 2 atom stereocenters. The van der Waals surface area contributed by atoms with Crippen LogP contribution in [-0.2, 0) is 9.53 Å². The number of nitrogens with zero attached hydrogens (tertiary/aromatic N) is 3. The number of pyridine rings is 1. The van der Waals surface area contributed by atoms with E-state index in [0.29, 0.717) is 13.1 Å². The van der Waals surface area contributed by atoms with E-state index in [1.54, 1.807) is 18.0 Å². The van der Waals surface area contributed by atoms with Gasteiger partial charge in [0.25, 0.3) is 0 Å². The highest BCUT2D eigenvalue weighted by molar-refractivity contribution is 5.86. The highest BCUT2D eigenvalue weighted by atomic mass is 19.1. The maximum atomic E-state index is 16.0. The summed E-state index contributed by atoms with van der Waals surface area (Å²) in [7, 11) is 0. The molecule has 3 fully saturated rings. The SMILES string of the molecule is CCOC(=O)/C=C\N1CCC[C@@H]2CN(c3c(F)cc4c(=O)c(OC(=O)O)cn(C5CC5)c4c3F)C[C@H]21. The Bertz CT molecular complexity index is 1310. The molecule has 9 nitrogen and oxygen atoms in total. The Labute approximate surface area is 205 Å². The first-order valence-electron chi connectivity index (χ1n) is 12.1. The molecular formula is C25H27F2N3O6. The number of carboxylic acid groups (broad SMARTS) is 1. The number of hydrogen-bond donors (Lipinski definition) is 1. The fourth-order valence-electron chi connectivity index (χ4n) is 5.43. The Balaban J connectivity index is 1.52. The first kappa shape index (κ1) is 24.1. The lowest BCUT2D eigenvalue weighted by Crippen LogP contribution is -2.41. The molecule has 0 radical (unpaired) electrons. The molecule has 11 heteroatoms. The van der Waals surface area contributed by atoms with Crippen molar-refractivity contribution < 1.29 is 33.0 Å². The summed E-state index contributed by atoms with van der Waals surface area (Å²) in [5, 5.41) is 8.71. The van der Waals surface area contributed by atoms with Crippen LogP contribution in [0.3, 0.4) is 0 Å². The monoisotopic (exact) mass is 503 g/mol. The molecule has 0 spiro atoms. The van der Waals surface area contributed by atoms with Gasteiger partial charge in [-0.2, -0.15) is 0 Å². The minimum atomic E-state index is -1.67. The van der Waals surface area contributed by atoms with Crippen LogP contribution in [0.2, 0.25) is 0 Å². The molecule has 1 saturated carbocycles. The third-order valence-corrected chi connectivity index (χ3v) is 7.12. The fourth-order valence-corrected chi connectivity index (χ4v) is 5.43. The van der Waals surface area contributed by atoms with Crippen LogP contribution in [0.4, 0.5) is 19.3 Å². The van der Waals surface area contributed by atoms with E-state index in [1.165, 1.54) is 16.8 Å². The summed E-state index contributed by atoms with van der Waals surface area (Å²) in [5.74, 6) is -2.51. The van der Waals surface area contributed by atoms with Crippen LogP contribution in [-0.4, -0.2) is 59.0 Å². The Kier molecular flexibility index (Phi) is 6.31. The molecule has 2 aliphatic heterocycles. The molecule has 5 rings (SSSR count). The van der Waals surface area contributed by atoms with Crippen LogP contribution in [0.25, 0.3) is 10.9 Å². The Morgan fingerprint density at radius 2 is 2.00 bits per heavy atom. The average molecular weight is 504 g/mol. The van der Waals surface area contributed by atoms with Gasteiger partial charge in [-0.15, -0.1) is 0 Å². The summed E-state index contributed by atoms with van der Waals surface area (Å²) in [6.07, 6.45) is 5.83. The number of halogens is 2. The summed E-state index contributed by atoms with van der Waals surface area (Å²) in [6.45, 7) is 3.51. The summed E-state index contributed by atoms with van der Waals surface area (Å²) >= 11 is 0. The largest absolute Gasteiger partial charge is 0.511 e. The second-order valence-electron chi connectivity index (χ2n) is 9.43. The number of hydrogen-bond acceptors (Lipinski definition) is 7. The first-order valence-corrected chi connectivity index (χ1v) is 12.1. The number of carbonyl (C=O) groups is 2. The minimum Gasteiger partial charge on any atom is -0.463 e. The molecule has 3 heterocycles. The van der Waals surface area contributed by atoms with Crippen molar-refractivity contribution in [3.8, 4) is 5.75 Å². The maximum Gasteiger partial charge on any atom is 0.511 e. The summed E-state index contributed by atoms with van der Waals surface area (Å²) in [6, 6.07) is 0.821. The van der Waals surface area contributed by atoms with Crippen molar-refractivity contribution in [2.45, 2.75) is 44.7 Å². The van der Waals surface area contributed by atoms with E-state index in [4.69, 9.17) is 9.84 Å². The van der Waals surface area contributed by atoms with Crippen molar-refractivity contribution in [3.63, 3.8) is 0 Å². The molecule has 192 valence electrons. The first-order chi connectivity index (χ1) is 17.3. The van der Waals surface area contributed by atoms with Gasteiger partial charge < -0.3 is 28.9 Å². The number of aromatic nitrogens is 1. The van der Waals surface area contributed by atoms with Gasteiger partial charge in [-0.1, -0.05) is 0 Å². The van der Waals surface area contributed by atoms with E-state index < -0.39 is 34.9 Å². The smallest absolute Gasteiger partial charge is 0.463 e. The molecule has 1 aliphatic carbocycles. The quantitative estimate of drug-likeness (QED) is 0.471. The summed E-state index contributed by atoms with van der Waals surface area (Å²) in [4.78, 5) is 39.3. The topological polar surface area (TPSA) is 101 Å². The van der Waals surface area contributed by atoms with E-state index in [9.17, 15) is 14.4 Å². The highest BCUT2D eigenvalue weighted by Gasteiger charge is 2.40. The van der Waals surface area contributed by atoms with Crippen molar-refractivity contribution in [1.29, 1.82) is 0 Å². The number of piperidine rings is 1. The van der Waals surface area contributed by atoms with Crippen LogP contribution < -0.4 is 15.1 Å². The standard InChI is InChI=1S/C25H27F2N3O6/c1-2-35-20(31)7-9-28-8-3-4-14-11-29(12-18(14)28)23-17(26)10-16-22(21(23)27)30(15-5-6-15)13-19(24(16)32)36-25(33)34/h7,9-10,13-15,18H,2-6,8,11-12H2,1H3,(H,33,34)/b9-7-/t14-,18-/m1/s1. The van der Waals surface area contributed by atoms with Gasteiger partial charge in [0.2, 0.25) is 5.43 Å². The summed E-state index contributed by atoms with van der Waals surface area (Å²) in [5.41, 5.74) is -1.13. The van der Waals surface area contributed by atoms with Gasteiger partial charge in [0, 0.05) is 38.0 Å². The van der Waals surface area contributed by atoms with Crippen LogP contribution in [0.5, 0.6) is 5.75 Å². The fraction of sp³-hybridized carbons (Fsp3) is 0.480. The third-order valence-electron chi connectivity index (χ3n) is 7.12. The molecule has 1 aromatic carbocycles. The normalized spacial score (nSPS) is 21.8. The van der Waals surface area contributed by atoms with E-state index in [0.717, 1.165) is 38.3 Å². The van der Waals surface area contributed by atoms with E-state index >= 15 is 8.78 Å². The number of rotatable bonds is 6. The number of benzene rings is 1. The van der Waals surface area contributed by atoms with Crippen molar-refractivity contribution in [2.75, 3.05) is 31.1 Å². The Hall–Kier alpha value is -3.63. The molecule has 0 bridgehead atoms. The van der Waals surface area contributed by atoms with Gasteiger partial charge in [0.1, 0.15) is 11.5 Å². The Morgan fingerprint density at radius 1 is 1.22 bits per heavy atom. The number of fused-ring (bicyclic) bond motifs is 2. The molecular weight excluding hydrogens is 476 g/mol. The number of carbonyl (C=O) groups excluding carboxylic acids is 1. The number of anilines is 1. The third kappa shape index (κ3) is 4.38. The zero-order valence-corrected chi connectivity index (χ0v) is 19.8. The molecule has 2 aromatic rings. The second kappa shape index (κ2) is 9.44. The van der Waals surface area contributed by atoms with Crippen LogP contribution in [0, 0.1) is 17.6 Å². The second-order valence-corrected chi connectivity index (χ2v) is 9.43. The van der Waals surface area contributed by atoms with Crippen LogP contribution >= 0.6 is 0 Å². The highest BCUT2D eigenvalue weighted by Crippen LogP contribution is 2.42. The molecule has 3 aliphatic rings. The molecule has 2 saturated heterocycles. The van der Waals surface area contributed by atoms with Crippen molar-refractivity contribution in [1.82, 2.24) is 9.47 Å². The van der Waals surface area contributed by atoms with Gasteiger partial charge >= 0.3 is 12.1 Å². The average Bonchev–Trinajstić information content (AvgIpc) is 3.58. The molecule has 0 amide bonds. The Morgan fingerprint density at radius 3 is 2.69 bits per heavy atom.